The summed E-state index contributed by atoms with van der Waals surface area (Å²) in [7, 11) is -2.70. The predicted molar refractivity (Wildman–Crippen MR) is 149 cm³/mol. The fraction of sp³-hybridized carbons (Fsp3) is 0.444. The van der Waals surface area contributed by atoms with Crippen LogP contribution in [0.4, 0.5) is 5.69 Å². The molecule has 0 spiro atoms. The smallest absolute Gasteiger partial charge is 0.251 e. The first-order chi connectivity index (χ1) is 19.2. The third-order valence-electron chi connectivity index (χ3n) is 6.87. The van der Waals surface area contributed by atoms with Crippen LogP contribution in [-0.4, -0.2) is 78.4 Å². The Morgan fingerprint density at radius 3 is 2.67 bits per heavy atom. The number of hydrogen-bond acceptors (Lipinski definition) is 10. The summed E-state index contributed by atoms with van der Waals surface area (Å²) in [4.78, 5) is 1.81. The van der Waals surface area contributed by atoms with Crippen molar-refractivity contribution in [1.29, 1.82) is 5.26 Å². The van der Waals surface area contributed by atoms with E-state index in [0.717, 1.165) is 29.5 Å². The molecule has 13 heteroatoms. The topological polar surface area (TPSA) is 163 Å². The molecule has 1 aliphatic rings. The molecule has 0 bridgehead atoms. The Morgan fingerprint density at radius 2 is 1.98 bits per heavy atom. The number of allylic oxidation sites excluding steroid dienone is 1. The molecule has 12 nitrogen and oxygen atoms in total. The van der Waals surface area contributed by atoms with E-state index in [-0.39, 0.29) is 19.5 Å². The molecule has 1 fully saturated rings. The molecule has 0 amide bonds. The van der Waals surface area contributed by atoms with Gasteiger partial charge in [0.05, 0.1) is 24.9 Å². The number of methoxy groups -OCH3 is 1. The Morgan fingerprint density at radius 1 is 1.25 bits per heavy atom. The van der Waals surface area contributed by atoms with Crippen LogP contribution in [-0.2, 0) is 32.6 Å². The quantitative estimate of drug-likeness (QED) is 0.289. The summed E-state index contributed by atoms with van der Waals surface area (Å²) in [6, 6.07) is 13.4. The van der Waals surface area contributed by atoms with Crippen LogP contribution in [0.2, 0.25) is 0 Å². The maximum Gasteiger partial charge on any atom is 0.251 e. The van der Waals surface area contributed by atoms with Gasteiger partial charge in [-0.3, -0.25) is 0 Å². The van der Waals surface area contributed by atoms with Crippen molar-refractivity contribution in [2.45, 2.75) is 58.0 Å². The molecule has 4 rings (SSSR count). The van der Waals surface area contributed by atoms with E-state index in [1.807, 2.05) is 24.3 Å². The highest BCUT2D eigenvalue weighted by atomic mass is 32.2. The third-order valence-corrected chi connectivity index (χ3v) is 8.18. The number of aliphatic hydroxyl groups is 2. The standard InChI is InChI=1S/C27H34N6O6S/c1-4-32(5-2)22-9-8-19-10-18(6-7-20(19)12-22)11-23(14-28)40(36,37)29-15-21-16-33(31-30-21)17-25-27(35)24(34)13-26(38-3)39-25/h6-12,16,24-27,29,34-35H,4-5,13,15,17H2,1-3H3/b23-11+/t24-,25-,26+,27+/m1/s1. The second-order valence-electron chi connectivity index (χ2n) is 9.47. The number of sulfonamides is 1. The van der Waals surface area contributed by atoms with Crippen LogP contribution >= 0.6 is 0 Å². The first kappa shape index (κ1) is 29.6. The van der Waals surface area contributed by atoms with Gasteiger partial charge in [0.15, 0.2) is 11.2 Å². The number of anilines is 1. The molecule has 0 unspecified atom stereocenters. The normalized spacial score (nSPS) is 21.9. The largest absolute Gasteiger partial charge is 0.390 e. The number of hydrogen-bond donors (Lipinski definition) is 3. The molecule has 4 atom stereocenters. The van der Waals surface area contributed by atoms with Gasteiger partial charge in [-0.05, 0) is 54.5 Å². The number of nitriles is 1. The Bertz CT molecular complexity index is 1500. The number of nitrogens with one attached hydrogen (secondary N) is 1. The van der Waals surface area contributed by atoms with E-state index in [9.17, 15) is 23.9 Å². The van der Waals surface area contributed by atoms with Gasteiger partial charge in [0.25, 0.3) is 10.0 Å². The van der Waals surface area contributed by atoms with E-state index in [1.54, 1.807) is 12.1 Å². The van der Waals surface area contributed by atoms with Gasteiger partial charge < -0.3 is 24.6 Å². The highest BCUT2D eigenvalue weighted by Gasteiger charge is 2.37. The van der Waals surface area contributed by atoms with Crippen LogP contribution in [0.5, 0.6) is 0 Å². The number of benzene rings is 2. The molecule has 3 N–H and O–H groups in total. The monoisotopic (exact) mass is 570 g/mol. The summed E-state index contributed by atoms with van der Waals surface area (Å²) in [6.07, 6.45) is -0.642. The lowest BCUT2D eigenvalue weighted by Gasteiger charge is -2.36. The van der Waals surface area contributed by atoms with Crippen molar-refractivity contribution in [3.63, 3.8) is 0 Å². The summed E-state index contributed by atoms with van der Waals surface area (Å²) in [5.41, 5.74) is 1.99. The fourth-order valence-electron chi connectivity index (χ4n) is 4.61. The maximum absolute atomic E-state index is 12.9. The van der Waals surface area contributed by atoms with E-state index in [1.165, 1.54) is 24.1 Å². The van der Waals surface area contributed by atoms with Crippen molar-refractivity contribution in [3.05, 3.63) is 58.8 Å². The average Bonchev–Trinajstić information content (AvgIpc) is 3.40. The average molecular weight is 571 g/mol. The van der Waals surface area contributed by atoms with Gasteiger partial charge in [0.2, 0.25) is 0 Å². The molecule has 214 valence electrons. The lowest BCUT2D eigenvalue weighted by Crippen LogP contribution is -2.50. The second-order valence-corrected chi connectivity index (χ2v) is 11.2. The van der Waals surface area contributed by atoms with E-state index >= 15 is 0 Å². The molecule has 0 aliphatic carbocycles. The molecular weight excluding hydrogens is 536 g/mol. The minimum Gasteiger partial charge on any atom is -0.390 e. The van der Waals surface area contributed by atoms with Crippen LogP contribution in [0, 0.1) is 11.3 Å². The number of fused-ring (bicyclic) bond motifs is 1. The highest BCUT2D eigenvalue weighted by molar-refractivity contribution is 7.93. The Kier molecular flexibility index (Phi) is 9.52. The maximum atomic E-state index is 12.9. The predicted octanol–water partition coefficient (Wildman–Crippen LogP) is 1.74. The van der Waals surface area contributed by atoms with Gasteiger partial charge in [-0.2, -0.15) is 5.26 Å². The Labute approximate surface area is 233 Å². The number of ether oxygens (including phenoxy) is 2. The van der Waals surface area contributed by atoms with E-state index in [0.29, 0.717) is 11.3 Å². The van der Waals surface area contributed by atoms with Gasteiger partial charge in [-0.15, -0.1) is 5.10 Å². The van der Waals surface area contributed by atoms with Crippen molar-refractivity contribution in [1.82, 2.24) is 19.7 Å². The summed E-state index contributed by atoms with van der Waals surface area (Å²) in [5, 5.41) is 39.7. The fourth-order valence-corrected chi connectivity index (χ4v) is 5.51. The third kappa shape index (κ3) is 6.84. The van der Waals surface area contributed by atoms with Crippen LogP contribution in [0.25, 0.3) is 16.8 Å². The van der Waals surface area contributed by atoms with Crippen LogP contribution in [0.3, 0.4) is 0 Å². The molecule has 2 aromatic carbocycles. The zero-order chi connectivity index (χ0) is 28.9. The van der Waals surface area contributed by atoms with Gasteiger partial charge >= 0.3 is 0 Å². The molecule has 0 saturated carbocycles. The molecule has 1 aliphatic heterocycles. The highest BCUT2D eigenvalue weighted by Crippen LogP contribution is 2.25. The Balaban J connectivity index is 1.43. The van der Waals surface area contributed by atoms with Gasteiger partial charge in [-0.25, -0.2) is 17.8 Å². The van der Waals surface area contributed by atoms with Crippen molar-refractivity contribution in [3.8, 4) is 6.07 Å². The minimum atomic E-state index is -4.14. The van der Waals surface area contributed by atoms with Crippen LogP contribution in [0.1, 0.15) is 31.5 Å². The number of aliphatic hydroxyl groups excluding tert-OH is 2. The zero-order valence-corrected chi connectivity index (χ0v) is 23.5. The van der Waals surface area contributed by atoms with Crippen molar-refractivity contribution >= 4 is 32.6 Å². The number of rotatable bonds is 11. The Hall–Kier alpha value is -3.38. The first-order valence-corrected chi connectivity index (χ1v) is 14.5. The molecule has 3 aromatic rings. The number of aromatic nitrogens is 3. The summed E-state index contributed by atoms with van der Waals surface area (Å²) in [6.45, 7) is 5.86. The van der Waals surface area contributed by atoms with Crippen molar-refractivity contribution in [2.24, 2.45) is 0 Å². The van der Waals surface area contributed by atoms with Crippen molar-refractivity contribution < 1.29 is 28.1 Å². The SMILES string of the molecule is CCN(CC)c1ccc2cc(/C=C(\C#N)S(=O)(=O)NCc3cn(C[C@H]4O[C@H](OC)C[C@@H](O)[C@@H]4O)nn3)ccc2c1. The van der Waals surface area contributed by atoms with Gasteiger partial charge in [0, 0.05) is 38.5 Å². The minimum absolute atomic E-state index is 0.0690. The van der Waals surface area contributed by atoms with Gasteiger partial charge in [-0.1, -0.05) is 23.4 Å². The molecular formula is C27H34N6O6S. The van der Waals surface area contributed by atoms with Gasteiger partial charge in [0.1, 0.15) is 18.3 Å². The molecule has 40 heavy (non-hydrogen) atoms. The first-order valence-electron chi connectivity index (χ1n) is 13.0. The van der Waals surface area contributed by atoms with Crippen molar-refractivity contribution in [2.75, 3.05) is 25.1 Å². The van der Waals surface area contributed by atoms with Crippen LogP contribution in [0.15, 0.2) is 47.5 Å². The lowest BCUT2D eigenvalue weighted by molar-refractivity contribution is -0.245. The van der Waals surface area contributed by atoms with E-state index in [2.05, 4.69) is 39.8 Å². The number of nitrogens with zero attached hydrogens (tertiary/aromatic N) is 5. The summed E-state index contributed by atoms with van der Waals surface area (Å²) in [5.74, 6) is 0. The molecule has 0 radical (unpaired) electrons. The van der Waals surface area contributed by atoms with E-state index in [4.69, 9.17) is 9.47 Å². The van der Waals surface area contributed by atoms with Crippen LogP contribution < -0.4 is 9.62 Å². The van der Waals surface area contributed by atoms with E-state index < -0.39 is 39.5 Å². The molecule has 1 saturated heterocycles. The zero-order valence-electron chi connectivity index (χ0n) is 22.6. The second kappa shape index (κ2) is 12.9. The summed E-state index contributed by atoms with van der Waals surface area (Å²) < 4.78 is 40.3. The summed E-state index contributed by atoms with van der Waals surface area (Å²) >= 11 is 0. The molecule has 2 heterocycles. The lowest BCUT2D eigenvalue weighted by atomic mass is 10.0. The molecule has 1 aromatic heterocycles.